The summed E-state index contributed by atoms with van der Waals surface area (Å²) in [6, 6.07) is 11.5. The molecule has 0 radical (unpaired) electrons. The third-order valence-corrected chi connectivity index (χ3v) is 3.71. The van der Waals surface area contributed by atoms with Gasteiger partial charge in [-0.05, 0) is 41.1 Å². The number of hydrogen-bond donors (Lipinski definition) is 1. The Labute approximate surface area is 147 Å². The second-order valence-electron chi connectivity index (χ2n) is 4.71. The van der Waals surface area contributed by atoms with Crippen LogP contribution in [0.2, 0.25) is 0 Å². The number of non-ortho nitro benzene ring substituents is 1. The van der Waals surface area contributed by atoms with Gasteiger partial charge in [-0.1, -0.05) is 18.2 Å². The molecule has 24 heavy (non-hydrogen) atoms. The summed E-state index contributed by atoms with van der Waals surface area (Å²) in [4.78, 5) is 22.2. The molecule has 2 aromatic rings. The van der Waals surface area contributed by atoms with Gasteiger partial charge in [0.25, 0.3) is 5.69 Å². The number of nitrogens with one attached hydrogen (secondary N) is 1. The van der Waals surface area contributed by atoms with Gasteiger partial charge in [0.2, 0.25) is 5.91 Å². The second kappa shape index (κ2) is 8.26. The number of nitro groups is 1. The zero-order chi connectivity index (χ0) is 17.5. The summed E-state index contributed by atoms with van der Waals surface area (Å²) in [5, 5.41) is 13.4. The summed E-state index contributed by atoms with van der Waals surface area (Å²) in [5.74, 6) is 0.344. The van der Waals surface area contributed by atoms with Crippen molar-refractivity contribution in [3.05, 3.63) is 68.7 Å². The lowest BCUT2D eigenvalue weighted by molar-refractivity contribution is -0.384. The van der Waals surface area contributed by atoms with E-state index in [0.717, 1.165) is 5.56 Å². The van der Waals surface area contributed by atoms with Gasteiger partial charge in [-0.25, -0.2) is 0 Å². The molecule has 0 saturated heterocycles. The van der Waals surface area contributed by atoms with Gasteiger partial charge >= 0.3 is 0 Å². The van der Waals surface area contributed by atoms with Crippen LogP contribution in [-0.4, -0.2) is 17.4 Å². The highest BCUT2D eigenvalue weighted by molar-refractivity contribution is 9.10. The molecule has 0 aliphatic heterocycles. The van der Waals surface area contributed by atoms with Crippen molar-refractivity contribution in [2.45, 2.75) is 6.92 Å². The highest BCUT2D eigenvalue weighted by Crippen LogP contribution is 2.27. The number of rotatable bonds is 6. The summed E-state index contributed by atoms with van der Waals surface area (Å²) in [7, 11) is 0. The van der Waals surface area contributed by atoms with Crippen LogP contribution >= 0.6 is 15.9 Å². The highest BCUT2D eigenvalue weighted by atomic mass is 79.9. The van der Waals surface area contributed by atoms with E-state index in [1.54, 1.807) is 6.08 Å². The Morgan fingerprint density at radius 2 is 2.08 bits per heavy atom. The van der Waals surface area contributed by atoms with E-state index in [1.807, 2.05) is 31.2 Å². The normalized spacial score (nSPS) is 10.6. The van der Waals surface area contributed by atoms with E-state index in [9.17, 15) is 14.9 Å². The number of anilines is 1. The first-order valence-electron chi connectivity index (χ1n) is 7.16. The molecule has 0 aliphatic carbocycles. The van der Waals surface area contributed by atoms with Crippen LogP contribution < -0.4 is 10.1 Å². The van der Waals surface area contributed by atoms with Crippen LogP contribution in [-0.2, 0) is 4.79 Å². The van der Waals surface area contributed by atoms with Crippen molar-refractivity contribution in [3.8, 4) is 5.75 Å². The molecule has 2 rings (SSSR count). The van der Waals surface area contributed by atoms with Gasteiger partial charge in [-0.2, -0.15) is 0 Å². The minimum atomic E-state index is -0.499. The Hall–Kier alpha value is -2.67. The van der Waals surface area contributed by atoms with E-state index < -0.39 is 4.92 Å². The first-order chi connectivity index (χ1) is 11.5. The Balaban J connectivity index is 2.10. The van der Waals surface area contributed by atoms with Gasteiger partial charge in [0, 0.05) is 28.2 Å². The maximum Gasteiger partial charge on any atom is 0.270 e. The largest absolute Gasteiger partial charge is 0.493 e. The van der Waals surface area contributed by atoms with Crippen LogP contribution in [0.5, 0.6) is 5.75 Å². The summed E-state index contributed by atoms with van der Waals surface area (Å²) in [5.41, 5.74) is 1.19. The predicted octanol–water partition coefficient (Wildman–Crippen LogP) is 4.41. The minimum absolute atomic E-state index is 0.0546. The van der Waals surface area contributed by atoms with Crippen molar-refractivity contribution in [3.63, 3.8) is 0 Å². The topological polar surface area (TPSA) is 81.5 Å². The average Bonchev–Trinajstić information content (AvgIpc) is 2.56. The Kier molecular flexibility index (Phi) is 6.08. The molecule has 6 nitrogen and oxygen atoms in total. The van der Waals surface area contributed by atoms with Crippen LogP contribution in [0.1, 0.15) is 12.5 Å². The molecular weight excluding hydrogens is 376 g/mol. The number of carbonyl (C=O) groups is 1. The molecule has 1 N–H and O–H groups in total. The van der Waals surface area contributed by atoms with Crippen LogP contribution in [0, 0.1) is 10.1 Å². The number of amides is 1. The van der Waals surface area contributed by atoms with E-state index in [4.69, 9.17) is 4.74 Å². The van der Waals surface area contributed by atoms with E-state index in [0.29, 0.717) is 22.5 Å². The van der Waals surface area contributed by atoms with Gasteiger partial charge in [0.1, 0.15) is 5.75 Å². The van der Waals surface area contributed by atoms with Crippen molar-refractivity contribution < 1.29 is 14.5 Å². The van der Waals surface area contributed by atoms with Crippen molar-refractivity contribution in [2.75, 3.05) is 11.9 Å². The fourth-order valence-electron chi connectivity index (χ4n) is 1.96. The van der Waals surface area contributed by atoms with Crippen LogP contribution in [0.3, 0.4) is 0 Å². The van der Waals surface area contributed by atoms with Gasteiger partial charge in [-0.3, -0.25) is 14.9 Å². The first kappa shape index (κ1) is 17.7. The smallest absolute Gasteiger partial charge is 0.270 e. The maximum absolute atomic E-state index is 12.0. The molecule has 0 saturated carbocycles. The van der Waals surface area contributed by atoms with Crippen LogP contribution in [0.4, 0.5) is 11.4 Å². The van der Waals surface area contributed by atoms with Crippen molar-refractivity contribution >= 4 is 39.3 Å². The van der Waals surface area contributed by atoms with Gasteiger partial charge in [0.05, 0.1) is 17.2 Å². The average molecular weight is 391 g/mol. The third-order valence-electron chi connectivity index (χ3n) is 3.05. The summed E-state index contributed by atoms with van der Waals surface area (Å²) in [6.07, 6.45) is 3.03. The van der Waals surface area contributed by atoms with E-state index in [-0.39, 0.29) is 11.6 Å². The molecule has 0 unspecified atom stereocenters. The fraction of sp³-hybridized carbons (Fsp3) is 0.118. The van der Waals surface area contributed by atoms with E-state index in [2.05, 4.69) is 21.2 Å². The second-order valence-corrected chi connectivity index (χ2v) is 5.57. The number of benzene rings is 2. The van der Waals surface area contributed by atoms with Gasteiger partial charge < -0.3 is 10.1 Å². The summed E-state index contributed by atoms with van der Waals surface area (Å²) < 4.78 is 5.93. The molecule has 0 atom stereocenters. The van der Waals surface area contributed by atoms with E-state index >= 15 is 0 Å². The van der Waals surface area contributed by atoms with Crippen molar-refractivity contribution in [1.82, 2.24) is 0 Å². The third kappa shape index (κ3) is 4.66. The molecular formula is C17H15BrN2O4. The van der Waals surface area contributed by atoms with Crippen LogP contribution in [0.25, 0.3) is 6.08 Å². The Morgan fingerprint density at radius 1 is 1.33 bits per heavy atom. The Morgan fingerprint density at radius 3 is 2.75 bits per heavy atom. The number of nitrogens with zero attached hydrogens (tertiary/aromatic N) is 1. The number of ether oxygens (including phenoxy) is 1. The number of carbonyl (C=O) groups excluding carboxylic acids is 1. The number of para-hydroxylation sites is 1. The molecule has 0 bridgehead atoms. The molecule has 0 heterocycles. The molecule has 0 aliphatic rings. The molecule has 0 fully saturated rings. The van der Waals surface area contributed by atoms with Crippen molar-refractivity contribution in [1.29, 1.82) is 0 Å². The monoisotopic (exact) mass is 390 g/mol. The molecule has 1 amide bonds. The van der Waals surface area contributed by atoms with Crippen molar-refractivity contribution in [2.24, 2.45) is 0 Å². The number of hydrogen-bond acceptors (Lipinski definition) is 4. The lowest BCUT2D eigenvalue weighted by Crippen LogP contribution is -2.08. The molecule has 124 valence electrons. The highest BCUT2D eigenvalue weighted by Gasteiger charge is 2.10. The quantitative estimate of drug-likeness (QED) is 0.449. The van der Waals surface area contributed by atoms with Gasteiger partial charge in [-0.15, -0.1) is 0 Å². The van der Waals surface area contributed by atoms with Gasteiger partial charge in [0.15, 0.2) is 0 Å². The first-order valence-corrected chi connectivity index (χ1v) is 7.95. The van der Waals surface area contributed by atoms with Crippen LogP contribution in [0.15, 0.2) is 53.0 Å². The lowest BCUT2D eigenvalue weighted by atomic mass is 10.2. The predicted molar refractivity (Wildman–Crippen MR) is 96.1 cm³/mol. The molecule has 2 aromatic carbocycles. The molecule has 0 aromatic heterocycles. The minimum Gasteiger partial charge on any atom is -0.493 e. The number of nitro benzene ring substituents is 1. The zero-order valence-electron chi connectivity index (χ0n) is 12.9. The SMILES string of the molecule is CCOc1ccccc1/C=C/C(=O)Nc1ccc([N+](=O)[O-])cc1Br. The summed E-state index contributed by atoms with van der Waals surface area (Å²) in [6.45, 7) is 2.42. The van der Waals surface area contributed by atoms with E-state index in [1.165, 1.54) is 24.3 Å². The molecule has 7 heteroatoms. The molecule has 0 spiro atoms. The lowest BCUT2D eigenvalue weighted by Gasteiger charge is -2.07. The number of halogens is 1. The summed E-state index contributed by atoms with van der Waals surface area (Å²) >= 11 is 3.21. The maximum atomic E-state index is 12.0. The Bertz CT molecular complexity index is 790. The zero-order valence-corrected chi connectivity index (χ0v) is 14.4. The fourth-order valence-corrected chi connectivity index (χ4v) is 2.43. The standard InChI is InChI=1S/C17H15BrN2O4/c1-2-24-16-6-4-3-5-12(16)7-10-17(21)19-15-9-8-13(20(22)23)11-14(15)18/h3-11H,2H2,1H3,(H,19,21)/b10-7+.